The van der Waals surface area contributed by atoms with Gasteiger partial charge < -0.3 is 18.8 Å². The Morgan fingerprint density at radius 3 is 2.54 bits per heavy atom. The number of benzene rings is 1. The molecule has 1 fully saturated rings. The van der Waals surface area contributed by atoms with Crippen molar-refractivity contribution in [1.82, 2.24) is 9.88 Å². The lowest BCUT2D eigenvalue weighted by atomic mass is 10.1. The summed E-state index contributed by atoms with van der Waals surface area (Å²) in [6.45, 7) is 3.74. The van der Waals surface area contributed by atoms with Gasteiger partial charge in [-0.2, -0.15) is 10.2 Å². The summed E-state index contributed by atoms with van der Waals surface area (Å²) in [6.07, 6.45) is 1.53. The first-order chi connectivity index (χ1) is 13.6. The van der Waals surface area contributed by atoms with Crippen LogP contribution in [0.2, 0.25) is 0 Å². The number of hydrogen-bond donors (Lipinski definition) is 1. The predicted molar refractivity (Wildman–Crippen MR) is 99.8 cm³/mol. The predicted octanol–water partition coefficient (Wildman–Crippen LogP) is 2.83. The molecule has 1 aliphatic heterocycles. The lowest BCUT2D eigenvalue weighted by molar-refractivity contribution is 0.0697. The van der Waals surface area contributed by atoms with Crippen molar-refractivity contribution >= 4 is 11.9 Å². The summed E-state index contributed by atoms with van der Waals surface area (Å²) >= 11 is 0. The number of carbonyl (C=O) groups is 1. The molecule has 0 bridgehead atoms. The van der Waals surface area contributed by atoms with E-state index in [2.05, 4.69) is 16.0 Å². The number of oxazole rings is 1. The van der Waals surface area contributed by atoms with Crippen LogP contribution in [-0.4, -0.2) is 47.1 Å². The van der Waals surface area contributed by atoms with Gasteiger partial charge in [0.05, 0.1) is 11.8 Å². The van der Waals surface area contributed by atoms with E-state index in [0.29, 0.717) is 30.6 Å². The van der Waals surface area contributed by atoms with Gasteiger partial charge in [-0.15, -0.1) is 0 Å². The second-order valence-electron chi connectivity index (χ2n) is 6.53. The molecule has 1 saturated heterocycles. The molecule has 4 rings (SSSR count). The summed E-state index contributed by atoms with van der Waals surface area (Å²) in [5.74, 6) is 0.345. The van der Waals surface area contributed by atoms with Crippen molar-refractivity contribution in [3.8, 4) is 17.7 Å². The van der Waals surface area contributed by atoms with E-state index in [4.69, 9.17) is 13.9 Å². The molecule has 0 aliphatic carbocycles. The summed E-state index contributed by atoms with van der Waals surface area (Å²) in [6, 6.07) is 12.5. The molecule has 1 N–H and O–H groups in total. The smallest absolute Gasteiger partial charge is 0.335 e. The van der Waals surface area contributed by atoms with Crippen LogP contribution in [0.15, 0.2) is 51.5 Å². The zero-order valence-corrected chi connectivity index (χ0v) is 15.0. The van der Waals surface area contributed by atoms with Crippen LogP contribution in [0.25, 0.3) is 11.7 Å². The van der Waals surface area contributed by atoms with Crippen molar-refractivity contribution in [3.63, 3.8) is 0 Å². The topological polar surface area (TPSA) is 107 Å². The molecule has 8 nitrogen and oxygen atoms in total. The maximum Gasteiger partial charge on any atom is 0.335 e. The Morgan fingerprint density at radius 2 is 1.93 bits per heavy atom. The molecular weight excluding hydrogens is 360 g/mol. The zero-order chi connectivity index (χ0) is 19.5. The normalized spacial score (nSPS) is 14.8. The van der Waals surface area contributed by atoms with Gasteiger partial charge in [0.15, 0.2) is 5.76 Å². The third-order valence-corrected chi connectivity index (χ3v) is 4.71. The summed E-state index contributed by atoms with van der Waals surface area (Å²) < 4.78 is 11.1. The minimum atomic E-state index is -0.922. The molecule has 8 heteroatoms. The maximum atomic E-state index is 10.9. The average molecular weight is 378 g/mol. The van der Waals surface area contributed by atoms with Gasteiger partial charge >= 0.3 is 5.97 Å². The second kappa shape index (κ2) is 7.58. The minimum absolute atomic E-state index is 0.254. The van der Waals surface area contributed by atoms with Crippen molar-refractivity contribution in [2.45, 2.75) is 6.54 Å². The largest absolute Gasteiger partial charge is 0.478 e. The average Bonchev–Trinajstić information content (AvgIpc) is 3.38. The Kier molecular flexibility index (Phi) is 4.83. The molecule has 0 unspecified atom stereocenters. The lowest BCUT2D eigenvalue weighted by Gasteiger charge is -2.34. The number of aromatic nitrogens is 1. The van der Waals surface area contributed by atoms with Gasteiger partial charge in [0, 0.05) is 32.7 Å². The lowest BCUT2D eigenvalue weighted by Crippen LogP contribution is -2.46. The molecule has 0 saturated carbocycles. The van der Waals surface area contributed by atoms with E-state index in [0.717, 1.165) is 25.2 Å². The first kappa shape index (κ1) is 17.8. The van der Waals surface area contributed by atoms with Crippen LogP contribution in [0.1, 0.15) is 21.6 Å². The van der Waals surface area contributed by atoms with Gasteiger partial charge in [-0.25, -0.2) is 4.79 Å². The third kappa shape index (κ3) is 3.61. The van der Waals surface area contributed by atoms with Crippen molar-refractivity contribution in [2.75, 3.05) is 31.1 Å². The summed E-state index contributed by atoms with van der Waals surface area (Å²) in [5, 5.41) is 18.4. The minimum Gasteiger partial charge on any atom is -0.478 e. The van der Waals surface area contributed by atoms with Crippen LogP contribution in [0.5, 0.6) is 0 Å². The monoisotopic (exact) mass is 378 g/mol. The van der Waals surface area contributed by atoms with Crippen molar-refractivity contribution in [3.05, 3.63) is 59.5 Å². The number of nitriles is 1. The summed E-state index contributed by atoms with van der Waals surface area (Å²) in [4.78, 5) is 19.5. The van der Waals surface area contributed by atoms with E-state index in [1.165, 1.54) is 6.26 Å². The maximum absolute atomic E-state index is 10.9. The van der Waals surface area contributed by atoms with Crippen LogP contribution in [0.3, 0.4) is 0 Å². The molecule has 0 spiro atoms. The van der Waals surface area contributed by atoms with Crippen molar-refractivity contribution in [2.24, 2.45) is 0 Å². The number of nitrogens with zero attached hydrogens (tertiary/aromatic N) is 4. The van der Waals surface area contributed by atoms with Crippen LogP contribution in [0, 0.1) is 11.3 Å². The van der Waals surface area contributed by atoms with Gasteiger partial charge in [0.2, 0.25) is 11.6 Å². The van der Waals surface area contributed by atoms with Gasteiger partial charge in [0.25, 0.3) is 5.89 Å². The Morgan fingerprint density at radius 1 is 1.18 bits per heavy atom. The molecule has 3 aromatic rings. The van der Waals surface area contributed by atoms with E-state index in [1.807, 2.05) is 17.0 Å². The SMILES string of the molecule is N#Cc1nc(-c2ccco2)oc1N1CCN(Cc2ccc(C(=O)O)cc2)CC1. The second-order valence-corrected chi connectivity index (χ2v) is 6.53. The highest BCUT2D eigenvalue weighted by Gasteiger charge is 2.25. The van der Waals surface area contributed by atoms with Crippen LogP contribution >= 0.6 is 0 Å². The van der Waals surface area contributed by atoms with Crippen molar-refractivity contribution in [1.29, 1.82) is 5.26 Å². The van der Waals surface area contributed by atoms with Gasteiger partial charge in [-0.3, -0.25) is 4.90 Å². The fraction of sp³-hybridized carbons (Fsp3) is 0.250. The number of furan rings is 1. The zero-order valence-electron chi connectivity index (χ0n) is 15.0. The van der Waals surface area contributed by atoms with Crippen LogP contribution in [-0.2, 0) is 6.54 Å². The number of piperazine rings is 1. The number of carboxylic acids is 1. The summed E-state index contributed by atoms with van der Waals surface area (Å²) in [5.41, 5.74) is 1.61. The molecule has 1 aliphatic rings. The van der Waals surface area contributed by atoms with Crippen molar-refractivity contribution < 1.29 is 18.7 Å². The van der Waals surface area contributed by atoms with E-state index in [9.17, 15) is 10.1 Å². The number of rotatable bonds is 5. The van der Waals surface area contributed by atoms with E-state index >= 15 is 0 Å². The van der Waals surface area contributed by atoms with Crippen LogP contribution < -0.4 is 4.90 Å². The molecular formula is C20H18N4O4. The first-order valence-corrected chi connectivity index (χ1v) is 8.88. The highest BCUT2D eigenvalue weighted by Crippen LogP contribution is 2.29. The molecule has 1 aromatic carbocycles. The number of carboxylic acid groups (broad SMARTS) is 1. The first-order valence-electron chi connectivity index (χ1n) is 8.88. The molecule has 0 atom stereocenters. The van der Waals surface area contributed by atoms with E-state index in [-0.39, 0.29) is 11.3 Å². The molecule has 3 heterocycles. The highest BCUT2D eigenvalue weighted by molar-refractivity contribution is 5.87. The van der Waals surface area contributed by atoms with Gasteiger partial charge in [0.1, 0.15) is 6.07 Å². The van der Waals surface area contributed by atoms with Crippen LogP contribution in [0.4, 0.5) is 5.88 Å². The van der Waals surface area contributed by atoms with E-state index < -0.39 is 5.97 Å². The number of aromatic carboxylic acids is 1. The van der Waals surface area contributed by atoms with Gasteiger partial charge in [-0.1, -0.05) is 12.1 Å². The molecule has 2 aromatic heterocycles. The number of hydrogen-bond acceptors (Lipinski definition) is 7. The Hall–Kier alpha value is -3.57. The number of anilines is 1. The highest BCUT2D eigenvalue weighted by atomic mass is 16.4. The summed E-state index contributed by atoms with van der Waals surface area (Å²) in [7, 11) is 0. The molecule has 28 heavy (non-hydrogen) atoms. The fourth-order valence-electron chi connectivity index (χ4n) is 3.22. The third-order valence-electron chi connectivity index (χ3n) is 4.71. The Labute approximate surface area is 161 Å². The standard InChI is InChI=1S/C20H18N4O4/c21-12-16-19(28-18(22-16)17-2-1-11-27-17)24-9-7-23(8-10-24)13-14-3-5-15(6-4-14)20(25)26/h1-6,11H,7-10,13H2,(H,25,26). The molecule has 142 valence electrons. The quantitative estimate of drug-likeness (QED) is 0.722. The Bertz CT molecular complexity index is 994. The van der Waals surface area contributed by atoms with Gasteiger partial charge in [-0.05, 0) is 29.8 Å². The molecule has 0 radical (unpaired) electrons. The van der Waals surface area contributed by atoms with E-state index in [1.54, 1.807) is 24.3 Å². The Balaban J connectivity index is 1.40. The molecule has 0 amide bonds. The fourth-order valence-corrected chi connectivity index (χ4v) is 3.22.